The number of amides is 2. The molecule has 34 heavy (non-hydrogen) atoms. The lowest BCUT2D eigenvalue weighted by Gasteiger charge is -2.32. The van der Waals surface area contributed by atoms with Crippen LogP contribution in [-0.4, -0.2) is 29.8 Å². The zero-order valence-electron chi connectivity index (χ0n) is 19.2. The Morgan fingerprint density at radius 2 is 1.68 bits per heavy atom. The van der Waals surface area contributed by atoms with Crippen LogP contribution in [0.2, 0.25) is 0 Å². The Bertz CT molecular complexity index is 1200. The quantitative estimate of drug-likeness (QED) is 0.516. The molecule has 0 aliphatic rings. The second-order valence-electron chi connectivity index (χ2n) is 8.88. The Balaban J connectivity index is 1.81. The number of nitrogens with one attached hydrogen (secondary N) is 1. The molecule has 174 valence electrons. The van der Waals surface area contributed by atoms with E-state index in [2.05, 4.69) is 11.4 Å². The lowest BCUT2D eigenvalue weighted by atomic mass is 9.92. The highest BCUT2D eigenvalue weighted by Gasteiger charge is 2.25. The molecule has 7 heteroatoms. The Morgan fingerprint density at radius 3 is 2.29 bits per heavy atom. The summed E-state index contributed by atoms with van der Waals surface area (Å²) in [5.41, 5.74) is 8.31. The van der Waals surface area contributed by atoms with Gasteiger partial charge in [0.15, 0.2) is 0 Å². The molecule has 0 heterocycles. The van der Waals surface area contributed by atoms with E-state index < -0.39 is 5.82 Å². The number of nitrogens with zero attached hydrogens (tertiary/aromatic N) is 2. The Kier molecular flexibility index (Phi) is 7.77. The van der Waals surface area contributed by atoms with E-state index >= 15 is 0 Å². The van der Waals surface area contributed by atoms with Crippen molar-refractivity contribution in [2.24, 2.45) is 11.1 Å². The predicted molar refractivity (Wildman–Crippen MR) is 130 cm³/mol. The van der Waals surface area contributed by atoms with Crippen molar-refractivity contribution in [3.63, 3.8) is 0 Å². The van der Waals surface area contributed by atoms with Gasteiger partial charge in [-0.1, -0.05) is 26.0 Å². The number of nitriles is 1. The minimum atomic E-state index is -0.411. The van der Waals surface area contributed by atoms with Gasteiger partial charge in [0, 0.05) is 29.9 Å². The van der Waals surface area contributed by atoms with Crippen LogP contribution in [0.3, 0.4) is 0 Å². The molecule has 2 amide bonds. The summed E-state index contributed by atoms with van der Waals surface area (Å²) in [5, 5.41) is 11.8. The van der Waals surface area contributed by atoms with E-state index in [1.165, 1.54) is 24.3 Å². The van der Waals surface area contributed by atoms with Gasteiger partial charge in [-0.05, 0) is 78.2 Å². The largest absolute Gasteiger partial charge is 0.334 e. The van der Waals surface area contributed by atoms with E-state index in [9.17, 15) is 14.0 Å². The Morgan fingerprint density at radius 1 is 1.03 bits per heavy atom. The third-order valence-corrected chi connectivity index (χ3v) is 5.38. The molecule has 0 fully saturated rings. The van der Waals surface area contributed by atoms with Crippen molar-refractivity contribution >= 4 is 17.5 Å². The minimum absolute atomic E-state index is 0.174. The van der Waals surface area contributed by atoms with Crippen LogP contribution in [0.25, 0.3) is 0 Å². The van der Waals surface area contributed by atoms with Crippen LogP contribution in [0, 0.1) is 22.6 Å². The van der Waals surface area contributed by atoms with Gasteiger partial charge in [-0.15, -0.1) is 0 Å². The van der Waals surface area contributed by atoms with Crippen molar-refractivity contribution in [1.82, 2.24) is 4.90 Å². The fourth-order valence-corrected chi connectivity index (χ4v) is 3.42. The minimum Gasteiger partial charge on any atom is -0.334 e. The molecule has 0 aliphatic carbocycles. The molecule has 0 saturated carbocycles. The molecule has 3 N–H and O–H groups in total. The Labute approximate surface area is 198 Å². The number of rotatable bonds is 8. The summed E-state index contributed by atoms with van der Waals surface area (Å²) < 4.78 is 13.1. The smallest absolute Gasteiger partial charge is 0.255 e. The van der Waals surface area contributed by atoms with Crippen molar-refractivity contribution in [1.29, 1.82) is 5.26 Å². The summed E-state index contributed by atoms with van der Waals surface area (Å²) in [4.78, 5) is 27.5. The van der Waals surface area contributed by atoms with Gasteiger partial charge in [-0.3, -0.25) is 9.59 Å². The molecule has 0 aliphatic heterocycles. The first-order valence-corrected chi connectivity index (χ1v) is 10.9. The number of nitrogens with two attached hydrogens (primary N) is 1. The lowest BCUT2D eigenvalue weighted by Crippen LogP contribution is -2.41. The van der Waals surface area contributed by atoms with Crippen LogP contribution in [-0.2, 0) is 6.54 Å². The zero-order valence-corrected chi connectivity index (χ0v) is 19.2. The van der Waals surface area contributed by atoms with Crippen molar-refractivity contribution in [2.45, 2.75) is 20.4 Å². The number of hydrogen-bond acceptors (Lipinski definition) is 4. The summed E-state index contributed by atoms with van der Waals surface area (Å²) >= 11 is 0. The second-order valence-corrected chi connectivity index (χ2v) is 8.88. The van der Waals surface area contributed by atoms with Gasteiger partial charge in [0.25, 0.3) is 11.8 Å². The summed E-state index contributed by atoms with van der Waals surface area (Å²) in [6, 6.07) is 21.1. The molecule has 0 bridgehead atoms. The first kappa shape index (κ1) is 24.6. The van der Waals surface area contributed by atoms with Gasteiger partial charge >= 0.3 is 0 Å². The summed E-state index contributed by atoms with van der Waals surface area (Å²) in [5.74, 6) is -0.940. The molecule has 0 atom stereocenters. The maximum Gasteiger partial charge on any atom is 0.255 e. The van der Waals surface area contributed by atoms with Crippen LogP contribution in [0.15, 0.2) is 72.8 Å². The van der Waals surface area contributed by atoms with Crippen LogP contribution in [0.5, 0.6) is 0 Å². The third-order valence-electron chi connectivity index (χ3n) is 5.38. The maximum absolute atomic E-state index is 13.3. The first-order valence-electron chi connectivity index (χ1n) is 10.9. The number of carbonyl (C=O) groups is 2. The standard InChI is InChI=1S/C27H27FN4O2/c1-27(2,17-30)18-32(26(34)22-8-6-19(15-29)7-9-22)16-20-4-3-5-24(14-20)31-25(33)21-10-12-23(28)13-11-21/h3-14H,16-18,30H2,1-2H3,(H,31,33). The molecule has 3 aromatic carbocycles. The molecular formula is C27H27FN4O2. The van der Waals surface area contributed by atoms with Crippen molar-refractivity contribution in [3.8, 4) is 6.07 Å². The molecule has 0 radical (unpaired) electrons. The normalized spacial score (nSPS) is 10.9. The van der Waals surface area contributed by atoms with Gasteiger partial charge in [0.2, 0.25) is 0 Å². The van der Waals surface area contributed by atoms with Crippen LogP contribution < -0.4 is 11.1 Å². The average Bonchev–Trinajstić information content (AvgIpc) is 2.83. The maximum atomic E-state index is 13.3. The van der Waals surface area contributed by atoms with Crippen molar-refractivity contribution in [2.75, 3.05) is 18.4 Å². The van der Waals surface area contributed by atoms with E-state index in [0.29, 0.717) is 42.0 Å². The zero-order chi connectivity index (χ0) is 24.7. The number of anilines is 1. The van der Waals surface area contributed by atoms with E-state index in [1.54, 1.807) is 47.4 Å². The molecule has 6 nitrogen and oxygen atoms in total. The molecule has 3 rings (SSSR count). The summed E-state index contributed by atoms with van der Waals surface area (Å²) in [6.07, 6.45) is 0. The molecule has 0 unspecified atom stereocenters. The predicted octanol–water partition coefficient (Wildman–Crippen LogP) is 4.58. The number of benzene rings is 3. The van der Waals surface area contributed by atoms with E-state index in [0.717, 1.165) is 5.56 Å². The molecule has 3 aromatic rings. The van der Waals surface area contributed by atoms with E-state index in [1.807, 2.05) is 19.9 Å². The molecule has 0 saturated heterocycles. The van der Waals surface area contributed by atoms with Crippen molar-refractivity contribution < 1.29 is 14.0 Å². The SMILES string of the molecule is CC(C)(CN)CN(Cc1cccc(NC(=O)c2ccc(F)cc2)c1)C(=O)c1ccc(C#N)cc1. The molecule has 0 spiro atoms. The number of hydrogen-bond donors (Lipinski definition) is 2. The van der Waals surface area contributed by atoms with Gasteiger partial charge < -0.3 is 16.0 Å². The lowest BCUT2D eigenvalue weighted by molar-refractivity contribution is 0.0673. The monoisotopic (exact) mass is 458 g/mol. The summed E-state index contributed by atoms with van der Waals surface area (Å²) in [6.45, 7) is 5.12. The van der Waals surface area contributed by atoms with Gasteiger partial charge in [-0.2, -0.15) is 5.26 Å². The summed E-state index contributed by atoms with van der Waals surface area (Å²) in [7, 11) is 0. The topological polar surface area (TPSA) is 99.2 Å². The van der Waals surface area contributed by atoms with Crippen LogP contribution >= 0.6 is 0 Å². The van der Waals surface area contributed by atoms with E-state index in [4.69, 9.17) is 11.0 Å². The van der Waals surface area contributed by atoms with E-state index in [-0.39, 0.29) is 17.2 Å². The fourth-order valence-electron chi connectivity index (χ4n) is 3.42. The third kappa shape index (κ3) is 6.50. The van der Waals surface area contributed by atoms with Gasteiger partial charge in [0.05, 0.1) is 11.6 Å². The highest BCUT2D eigenvalue weighted by atomic mass is 19.1. The fraction of sp³-hybridized carbons (Fsp3) is 0.222. The highest BCUT2D eigenvalue weighted by molar-refractivity contribution is 6.04. The molecular weight excluding hydrogens is 431 g/mol. The molecule has 0 aromatic heterocycles. The highest BCUT2D eigenvalue weighted by Crippen LogP contribution is 2.21. The number of halogens is 1. The van der Waals surface area contributed by atoms with Crippen LogP contribution in [0.1, 0.15) is 45.7 Å². The van der Waals surface area contributed by atoms with Gasteiger partial charge in [-0.25, -0.2) is 4.39 Å². The number of carbonyl (C=O) groups excluding carboxylic acids is 2. The van der Waals surface area contributed by atoms with Crippen LogP contribution in [0.4, 0.5) is 10.1 Å². The Hall–Kier alpha value is -4.02. The average molecular weight is 459 g/mol. The van der Waals surface area contributed by atoms with Crippen molar-refractivity contribution in [3.05, 3.63) is 101 Å². The first-order chi connectivity index (χ1) is 16.2. The van der Waals surface area contributed by atoms with Gasteiger partial charge in [0.1, 0.15) is 5.82 Å². The second kappa shape index (κ2) is 10.7.